The zero-order chi connectivity index (χ0) is 15.5. The first kappa shape index (κ1) is 15.4. The first-order valence-electron chi connectivity index (χ1n) is 8.20. The molecule has 120 valence electrons. The third-order valence-corrected chi connectivity index (χ3v) is 5.10. The molecule has 3 rings (SSSR count). The van der Waals surface area contributed by atoms with Crippen molar-refractivity contribution in [1.29, 1.82) is 0 Å². The number of carbonyl (C=O) groups is 1. The molecular formula is C17H23F2N2O+. The molecule has 1 unspecified atom stereocenters. The number of fused-ring (bicyclic) bond motifs is 1. The number of hydrogen-bond acceptors (Lipinski definition) is 1. The minimum Gasteiger partial charge on any atom is -0.327 e. The van der Waals surface area contributed by atoms with Gasteiger partial charge in [-0.05, 0) is 37.3 Å². The quantitative estimate of drug-likeness (QED) is 0.880. The summed E-state index contributed by atoms with van der Waals surface area (Å²) in [6, 6.07) is 3.44. The van der Waals surface area contributed by atoms with E-state index < -0.39 is 11.6 Å². The van der Waals surface area contributed by atoms with Crippen LogP contribution in [0, 0.1) is 23.5 Å². The molecule has 1 heterocycles. The third-order valence-electron chi connectivity index (χ3n) is 5.10. The van der Waals surface area contributed by atoms with E-state index in [9.17, 15) is 13.6 Å². The Morgan fingerprint density at radius 1 is 1.14 bits per heavy atom. The minimum atomic E-state index is -0.937. The zero-order valence-electron chi connectivity index (χ0n) is 12.7. The topological polar surface area (TPSA) is 33.5 Å². The summed E-state index contributed by atoms with van der Waals surface area (Å²) >= 11 is 0. The van der Waals surface area contributed by atoms with E-state index in [0.29, 0.717) is 12.2 Å². The average Bonchev–Trinajstić information content (AvgIpc) is 2.51. The molecule has 3 nitrogen and oxygen atoms in total. The SMILES string of the molecule is O=C(C[NH+]1CC[C@@H]2CCCC[C@@H]2C1)Nc1ccc(F)c(F)c1. The lowest BCUT2D eigenvalue weighted by molar-refractivity contribution is -0.902. The Balaban J connectivity index is 1.52. The average molecular weight is 309 g/mol. The number of anilines is 1. The molecule has 2 fully saturated rings. The van der Waals surface area contributed by atoms with E-state index in [-0.39, 0.29) is 5.91 Å². The second-order valence-corrected chi connectivity index (χ2v) is 6.65. The van der Waals surface area contributed by atoms with Crippen molar-refractivity contribution in [2.24, 2.45) is 11.8 Å². The highest BCUT2D eigenvalue weighted by molar-refractivity contribution is 5.91. The Morgan fingerprint density at radius 2 is 1.91 bits per heavy atom. The van der Waals surface area contributed by atoms with E-state index in [4.69, 9.17) is 0 Å². The highest BCUT2D eigenvalue weighted by atomic mass is 19.2. The van der Waals surface area contributed by atoms with Crippen LogP contribution in [0.2, 0.25) is 0 Å². The molecule has 2 N–H and O–H groups in total. The molecule has 1 aliphatic heterocycles. The summed E-state index contributed by atoms with van der Waals surface area (Å²) in [6.07, 6.45) is 6.51. The lowest BCUT2D eigenvalue weighted by Crippen LogP contribution is -3.15. The zero-order valence-corrected chi connectivity index (χ0v) is 12.7. The summed E-state index contributed by atoms with van der Waals surface area (Å²) in [7, 11) is 0. The largest absolute Gasteiger partial charge is 0.327 e. The van der Waals surface area contributed by atoms with Crippen LogP contribution in [0.3, 0.4) is 0 Å². The van der Waals surface area contributed by atoms with Crippen molar-refractivity contribution >= 4 is 11.6 Å². The van der Waals surface area contributed by atoms with Crippen LogP contribution in [0.4, 0.5) is 14.5 Å². The van der Waals surface area contributed by atoms with Crippen LogP contribution < -0.4 is 10.2 Å². The molecule has 2 aliphatic rings. The van der Waals surface area contributed by atoms with Crippen LogP contribution in [-0.2, 0) is 4.79 Å². The molecular weight excluding hydrogens is 286 g/mol. The van der Waals surface area contributed by atoms with Gasteiger partial charge in [0.25, 0.3) is 5.91 Å². The lowest BCUT2D eigenvalue weighted by Gasteiger charge is -2.38. The monoisotopic (exact) mass is 309 g/mol. The van der Waals surface area contributed by atoms with E-state index in [1.54, 1.807) is 0 Å². The van der Waals surface area contributed by atoms with Gasteiger partial charge in [0.15, 0.2) is 18.2 Å². The van der Waals surface area contributed by atoms with E-state index in [1.165, 1.54) is 43.1 Å². The molecule has 1 saturated heterocycles. The van der Waals surface area contributed by atoms with Gasteiger partial charge in [0, 0.05) is 17.7 Å². The predicted molar refractivity (Wildman–Crippen MR) is 80.6 cm³/mol. The van der Waals surface area contributed by atoms with Gasteiger partial charge in [0.05, 0.1) is 13.1 Å². The summed E-state index contributed by atoms with van der Waals surface area (Å²) in [4.78, 5) is 13.4. The van der Waals surface area contributed by atoms with Gasteiger partial charge in [0.1, 0.15) is 0 Å². The normalized spacial score (nSPS) is 28.0. The van der Waals surface area contributed by atoms with Gasteiger partial charge in [-0.15, -0.1) is 0 Å². The fraction of sp³-hybridized carbons (Fsp3) is 0.588. The number of quaternary nitrogens is 1. The molecule has 0 bridgehead atoms. The van der Waals surface area contributed by atoms with E-state index >= 15 is 0 Å². The molecule has 1 saturated carbocycles. The molecule has 1 amide bonds. The summed E-state index contributed by atoms with van der Waals surface area (Å²) in [5.74, 6) is -0.355. The van der Waals surface area contributed by atoms with Gasteiger partial charge >= 0.3 is 0 Å². The van der Waals surface area contributed by atoms with Crippen molar-refractivity contribution in [3.8, 4) is 0 Å². The number of nitrogens with one attached hydrogen (secondary N) is 2. The number of carbonyl (C=O) groups excluding carboxylic acids is 1. The van der Waals surface area contributed by atoms with Crippen molar-refractivity contribution in [3.63, 3.8) is 0 Å². The summed E-state index contributed by atoms with van der Waals surface area (Å²) in [5, 5.41) is 2.66. The Morgan fingerprint density at radius 3 is 2.68 bits per heavy atom. The highest BCUT2D eigenvalue weighted by Gasteiger charge is 2.34. The van der Waals surface area contributed by atoms with E-state index in [0.717, 1.165) is 37.1 Å². The molecule has 1 aromatic carbocycles. The molecule has 1 aromatic rings. The van der Waals surface area contributed by atoms with Gasteiger partial charge in [-0.2, -0.15) is 0 Å². The summed E-state index contributed by atoms with van der Waals surface area (Å²) in [6.45, 7) is 2.50. The Labute approximate surface area is 129 Å². The number of benzene rings is 1. The fourth-order valence-corrected chi connectivity index (χ4v) is 3.96. The maximum Gasteiger partial charge on any atom is 0.279 e. The smallest absolute Gasteiger partial charge is 0.279 e. The Kier molecular flexibility index (Phi) is 4.71. The number of rotatable bonds is 3. The van der Waals surface area contributed by atoms with Crippen molar-refractivity contribution in [1.82, 2.24) is 0 Å². The second-order valence-electron chi connectivity index (χ2n) is 6.65. The van der Waals surface area contributed by atoms with Crippen LogP contribution in [0.5, 0.6) is 0 Å². The molecule has 0 aromatic heterocycles. The number of piperidine rings is 1. The molecule has 0 spiro atoms. The van der Waals surface area contributed by atoms with Gasteiger partial charge in [-0.25, -0.2) is 8.78 Å². The van der Waals surface area contributed by atoms with Gasteiger partial charge in [-0.1, -0.05) is 12.8 Å². The van der Waals surface area contributed by atoms with Crippen molar-refractivity contribution < 1.29 is 18.5 Å². The maximum atomic E-state index is 13.1. The van der Waals surface area contributed by atoms with Crippen molar-refractivity contribution in [2.45, 2.75) is 32.1 Å². The molecule has 22 heavy (non-hydrogen) atoms. The van der Waals surface area contributed by atoms with Crippen molar-refractivity contribution in [3.05, 3.63) is 29.8 Å². The van der Waals surface area contributed by atoms with Crippen LogP contribution in [0.15, 0.2) is 18.2 Å². The third kappa shape index (κ3) is 3.64. The first-order valence-corrected chi connectivity index (χ1v) is 8.20. The van der Waals surface area contributed by atoms with Crippen LogP contribution in [0.1, 0.15) is 32.1 Å². The van der Waals surface area contributed by atoms with Crippen LogP contribution in [0.25, 0.3) is 0 Å². The van der Waals surface area contributed by atoms with Crippen molar-refractivity contribution in [2.75, 3.05) is 25.0 Å². The van der Waals surface area contributed by atoms with E-state index in [1.807, 2.05) is 0 Å². The maximum absolute atomic E-state index is 13.1. The van der Waals surface area contributed by atoms with Gasteiger partial charge in [0.2, 0.25) is 0 Å². The summed E-state index contributed by atoms with van der Waals surface area (Å²) in [5.41, 5.74) is 0.316. The number of halogens is 2. The predicted octanol–water partition coefficient (Wildman–Crippen LogP) is 2.00. The Bertz CT molecular complexity index is 549. The van der Waals surface area contributed by atoms with Gasteiger partial charge < -0.3 is 10.2 Å². The second kappa shape index (κ2) is 6.73. The Hall–Kier alpha value is -1.49. The van der Waals surface area contributed by atoms with Crippen LogP contribution >= 0.6 is 0 Å². The number of hydrogen-bond donors (Lipinski definition) is 2. The minimum absolute atomic E-state index is 0.129. The molecule has 5 heteroatoms. The molecule has 1 aliphatic carbocycles. The standard InChI is InChI=1S/C17H22F2N2O/c18-15-6-5-14(9-16(15)19)20-17(22)11-21-8-7-12-3-1-2-4-13(12)10-21/h5-6,9,12-13H,1-4,7-8,10-11H2,(H,20,22)/p+1/t12-,13+/m0/s1. The summed E-state index contributed by atoms with van der Waals surface area (Å²) < 4.78 is 26.0. The number of amides is 1. The highest BCUT2D eigenvalue weighted by Crippen LogP contribution is 2.32. The fourth-order valence-electron chi connectivity index (χ4n) is 3.96. The van der Waals surface area contributed by atoms with E-state index in [2.05, 4.69) is 5.32 Å². The van der Waals surface area contributed by atoms with Crippen LogP contribution in [-0.4, -0.2) is 25.5 Å². The first-order chi connectivity index (χ1) is 10.6. The molecule has 3 atom stereocenters. The number of likely N-dealkylation sites (tertiary alicyclic amines) is 1. The lowest BCUT2D eigenvalue weighted by atomic mass is 9.75. The molecule has 0 radical (unpaired) electrons. The van der Waals surface area contributed by atoms with Gasteiger partial charge in [-0.3, -0.25) is 4.79 Å².